The van der Waals surface area contributed by atoms with Crippen molar-refractivity contribution in [2.45, 2.75) is 19.9 Å². The molecule has 0 fully saturated rings. The molecule has 0 heterocycles. The summed E-state index contributed by atoms with van der Waals surface area (Å²) in [6.07, 6.45) is 0. The maximum absolute atomic E-state index is 5.42. The molecule has 2 heteroatoms. The van der Waals surface area contributed by atoms with Crippen LogP contribution in [0.3, 0.4) is 0 Å². The Morgan fingerprint density at radius 2 is 2.06 bits per heavy atom. The predicted octanol–water partition coefficient (Wildman–Crippen LogP) is 2.93. The number of rotatable bonds is 7. The highest BCUT2D eigenvalue weighted by Gasteiger charge is 2.02. The number of hydrogen-bond donors (Lipinski definition) is 1. The Kier molecular flexibility index (Phi) is 5.83. The van der Waals surface area contributed by atoms with Crippen LogP contribution in [0.1, 0.15) is 25.5 Å². The van der Waals surface area contributed by atoms with E-state index >= 15 is 0 Å². The lowest BCUT2D eigenvalue weighted by Gasteiger charge is -2.14. The highest BCUT2D eigenvalue weighted by atomic mass is 16.5. The topological polar surface area (TPSA) is 21.3 Å². The Bertz CT molecular complexity index is 308. The molecule has 1 aromatic rings. The molecule has 1 aromatic carbocycles. The van der Waals surface area contributed by atoms with E-state index in [2.05, 4.69) is 43.1 Å². The average Bonchev–Trinajstić information content (AvgIpc) is 2.29. The molecule has 0 aliphatic rings. The fourth-order valence-electron chi connectivity index (χ4n) is 1.45. The van der Waals surface area contributed by atoms with Gasteiger partial charge in [-0.2, -0.15) is 0 Å². The van der Waals surface area contributed by atoms with Crippen LogP contribution in [0.5, 0.6) is 0 Å². The molecule has 1 atom stereocenters. The lowest BCUT2D eigenvalue weighted by molar-refractivity contribution is 0.156. The summed E-state index contributed by atoms with van der Waals surface area (Å²) in [5, 5.41) is 3.42. The van der Waals surface area contributed by atoms with Gasteiger partial charge in [-0.1, -0.05) is 42.5 Å². The summed E-state index contributed by atoms with van der Waals surface area (Å²) in [5.41, 5.74) is 2.37. The Balaban J connectivity index is 2.16. The zero-order valence-electron chi connectivity index (χ0n) is 10.2. The van der Waals surface area contributed by atoms with Gasteiger partial charge >= 0.3 is 0 Å². The molecule has 0 bridgehead atoms. The van der Waals surface area contributed by atoms with Crippen LogP contribution in [0.4, 0.5) is 0 Å². The van der Waals surface area contributed by atoms with Gasteiger partial charge in [0.15, 0.2) is 0 Å². The second-order valence-electron chi connectivity index (χ2n) is 4.10. The Morgan fingerprint density at radius 1 is 1.38 bits per heavy atom. The minimum Gasteiger partial charge on any atom is -0.376 e. The monoisotopic (exact) mass is 219 g/mol. The molecule has 0 spiro atoms. The van der Waals surface area contributed by atoms with Crippen LogP contribution in [0, 0.1) is 0 Å². The van der Waals surface area contributed by atoms with Crippen LogP contribution >= 0.6 is 0 Å². The molecule has 0 aliphatic heterocycles. The van der Waals surface area contributed by atoms with E-state index in [1.807, 2.05) is 13.0 Å². The van der Waals surface area contributed by atoms with Crippen molar-refractivity contribution in [2.75, 3.05) is 19.8 Å². The Hall–Kier alpha value is -1.12. The van der Waals surface area contributed by atoms with Crippen molar-refractivity contribution in [1.29, 1.82) is 0 Å². The Labute approximate surface area is 98.3 Å². The summed E-state index contributed by atoms with van der Waals surface area (Å²) in [6.45, 7) is 10.2. The standard InChI is InChI=1S/C14H21NO/c1-12(2)11-16-10-9-15-13(3)14-7-5-4-6-8-14/h4-8,13,15H,1,9-11H2,2-3H3. The molecule has 0 amide bonds. The van der Waals surface area contributed by atoms with Crippen LogP contribution in [-0.4, -0.2) is 19.8 Å². The van der Waals surface area contributed by atoms with Crippen molar-refractivity contribution in [3.8, 4) is 0 Å². The van der Waals surface area contributed by atoms with Gasteiger partial charge in [0.05, 0.1) is 13.2 Å². The minimum absolute atomic E-state index is 0.370. The molecule has 16 heavy (non-hydrogen) atoms. The molecule has 0 radical (unpaired) electrons. The largest absolute Gasteiger partial charge is 0.376 e. The first-order valence-electron chi connectivity index (χ1n) is 5.70. The first-order valence-corrected chi connectivity index (χ1v) is 5.70. The van der Waals surface area contributed by atoms with Crippen LogP contribution in [0.25, 0.3) is 0 Å². The molecule has 0 aromatic heterocycles. The maximum Gasteiger partial charge on any atom is 0.0672 e. The Morgan fingerprint density at radius 3 is 2.69 bits per heavy atom. The smallest absolute Gasteiger partial charge is 0.0672 e. The first-order chi connectivity index (χ1) is 7.70. The molecular weight excluding hydrogens is 198 g/mol. The average molecular weight is 219 g/mol. The summed E-state index contributed by atoms with van der Waals surface area (Å²) in [5.74, 6) is 0. The zero-order chi connectivity index (χ0) is 11.8. The second kappa shape index (κ2) is 7.20. The SMILES string of the molecule is C=C(C)COCCNC(C)c1ccccc1. The van der Waals surface area contributed by atoms with Gasteiger partial charge in [0.25, 0.3) is 0 Å². The van der Waals surface area contributed by atoms with Crippen molar-refractivity contribution < 1.29 is 4.74 Å². The third-order valence-corrected chi connectivity index (χ3v) is 2.34. The molecule has 0 saturated heterocycles. The van der Waals surface area contributed by atoms with E-state index < -0.39 is 0 Å². The molecule has 88 valence electrons. The zero-order valence-corrected chi connectivity index (χ0v) is 10.2. The third-order valence-electron chi connectivity index (χ3n) is 2.34. The number of benzene rings is 1. The van der Waals surface area contributed by atoms with Gasteiger partial charge in [-0.05, 0) is 19.4 Å². The fraction of sp³-hybridized carbons (Fsp3) is 0.429. The molecule has 1 N–H and O–H groups in total. The third kappa shape index (κ3) is 5.10. The molecule has 0 saturated carbocycles. The van der Waals surface area contributed by atoms with Crippen molar-refractivity contribution in [3.05, 3.63) is 48.0 Å². The van der Waals surface area contributed by atoms with E-state index in [0.717, 1.165) is 18.7 Å². The normalized spacial score (nSPS) is 12.4. The second-order valence-corrected chi connectivity index (χ2v) is 4.10. The van der Waals surface area contributed by atoms with Crippen LogP contribution in [0.2, 0.25) is 0 Å². The lowest BCUT2D eigenvalue weighted by Crippen LogP contribution is -2.23. The number of ether oxygens (including phenoxy) is 1. The summed E-state index contributed by atoms with van der Waals surface area (Å²) in [4.78, 5) is 0. The summed E-state index contributed by atoms with van der Waals surface area (Å²) in [7, 11) is 0. The quantitative estimate of drug-likeness (QED) is 0.562. The van der Waals surface area contributed by atoms with Crippen LogP contribution in [-0.2, 0) is 4.74 Å². The predicted molar refractivity (Wildman–Crippen MR) is 68.5 cm³/mol. The summed E-state index contributed by atoms with van der Waals surface area (Å²) in [6, 6.07) is 10.8. The first kappa shape index (κ1) is 12.9. The van der Waals surface area contributed by atoms with E-state index in [-0.39, 0.29) is 0 Å². The fourth-order valence-corrected chi connectivity index (χ4v) is 1.45. The summed E-state index contributed by atoms with van der Waals surface area (Å²) < 4.78 is 5.42. The van der Waals surface area contributed by atoms with Crippen molar-refractivity contribution in [1.82, 2.24) is 5.32 Å². The van der Waals surface area contributed by atoms with Crippen molar-refractivity contribution in [3.63, 3.8) is 0 Å². The van der Waals surface area contributed by atoms with Crippen molar-refractivity contribution in [2.24, 2.45) is 0 Å². The van der Waals surface area contributed by atoms with E-state index in [0.29, 0.717) is 12.6 Å². The highest BCUT2D eigenvalue weighted by molar-refractivity contribution is 5.17. The minimum atomic E-state index is 0.370. The van der Waals surface area contributed by atoms with E-state index in [4.69, 9.17) is 4.74 Å². The molecular formula is C14H21NO. The number of nitrogens with one attached hydrogen (secondary N) is 1. The number of hydrogen-bond acceptors (Lipinski definition) is 2. The highest BCUT2D eigenvalue weighted by Crippen LogP contribution is 2.10. The van der Waals surface area contributed by atoms with Gasteiger partial charge in [-0.25, -0.2) is 0 Å². The van der Waals surface area contributed by atoms with E-state index in [1.165, 1.54) is 5.56 Å². The molecule has 2 nitrogen and oxygen atoms in total. The lowest BCUT2D eigenvalue weighted by atomic mass is 10.1. The van der Waals surface area contributed by atoms with Crippen LogP contribution in [0.15, 0.2) is 42.5 Å². The van der Waals surface area contributed by atoms with E-state index in [1.54, 1.807) is 0 Å². The molecule has 1 unspecified atom stereocenters. The van der Waals surface area contributed by atoms with Gasteiger partial charge in [0.2, 0.25) is 0 Å². The van der Waals surface area contributed by atoms with E-state index in [9.17, 15) is 0 Å². The summed E-state index contributed by atoms with van der Waals surface area (Å²) >= 11 is 0. The van der Waals surface area contributed by atoms with Gasteiger partial charge in [0.1, 0.15) is 0 Å². The van der Waals surface area contributed by atoms with Gasteiger partial charge in [0, 0.05) is 12.6 Å². The molecule has 1 rings (SSSR count). The van der Waals surface area contributed by atoms with Gasteiger partial charge < -0.3 is 10.1 Å². The van der Waals surface area contributed by atoms with Crippen molar-refractivity contribution >= 4 is 0 Å². The molecule has 0 aliphatic carbocycles. The maximum atomic E-state index is 5.42. The van der Waals surface area contributed by atoms with Crippen LogP contribution < -0.4 is 5.32 Å². The van der Waals surface area contributed by atoms with Gasteiger partial charge in [-0.15, -0.1) is 0 Å². The van der Waals surface area contributed by atoms with Gasteiger partial charge in [-0.3, -0.25) is 0 Å².